The Bertz CT molecular complexity index is 1700. The van der Waals surface area contributed by atoms with Crippen LogP contribution in [0.2, 0.25) is 0 Å². The number of ether oxygens (including phenoxy) is 2. The molecule has 0 aliphatic carbocycles. The summed E-state index contributed by atoms with van der Waals surface area (Å²) in [4.78, 5) is 39.1. The number of esters is 2. The molecule has 0 aromatic heterocycles. The van der Waals surface area contributed by atoms with Crippen LogP contribution in [-0.4, -0.2) is 36.2 Å². The largest absolute Gasteiger partial charge is 1.00 e. The summed E-state index contributed by atoms with van der Waals surface area (Å²) in [5.74, 6) is -2.19. The first-order valence-corrected chi connectivity index (χ1v) is 17.1. The first kappa shape index (κ1) is 35.1. The second kappa shape index (κ2) is 15.7. The van der Waals surface area contributed by atoms with Gasteiger partial charge >= 0.3 is 11.9 Å². The lowest BCUT2D eigenvalue weighted by molar-refractivity contribution is -0.384. The van der Waals surface area contributed by atoms with E-state index in [2.05, 4.69) is 41.7 Å². The fraction of sp³-hybridized carbons (Fsp3) is 0.189. The molecule has 0 saturated heterocycles. The number of nitrogens with zero attached hydrogens (tertiary/aromatic N) is 1. The van der Waals surface area contributed by atoms with Crippen molar-refractivity contribution in [1.82, 2.24) is 5.32 Å². The molecule has 8 nitrogen and oxygen atoms in total. The number of nitro groups is 1. The Balaban J connectivity index is 0.00000500. The van der Waals surface area contributed by atoms with Gasteiger partial charge in [-0.05, 0) is 62.7 Å². The molecule has 1 aliphatic heterocycles. The lowest BCUT2D eigenvalue weighted by Crippen LogP contribution is -3.00. The molecule has 0 fully saturated rings. The highest BCUT2D eigenvalue weighted by atomic mass is 35.5. The second-order valence-corrected chi connectivity index (χ2v) is 14.2. The summed E-state index contributed by atoms with van der Waals surface area (Å²) >= 11 is 0. The maximum Gasteiger partial charge on any atom is 0.336 e. The van der Waals surface area contributed by atoms with Crippen LogP contribution in [-0.2, 0) is 19.1 Å². The molecule has 0 spiro atoms. The third-order valence-corrected chi connectivity index (χ3v) is 12.4. The first-order chi connectivity index (χ1) is 22.3. The van der Waals surface area contributed by atoms with Crippen LogP contribution in [0.4, 0.5) is 5.69 Å². The molecule has 1 aliphatic rings. The van der Waals surface area contributed by atoms with Gasteiger partial charge in [0.2, 0.25) is 0 Å². The molecule has 4 aromatic carbocycles. The van der Waals surface area contributed by atoms with Crippen molar-refractivity contribution in [3.63, 3.8) is 0 Å². The Morgan fingerprint density at radius 1 is 0.745 bits per heavy atom. The molecule has 0 saturated carbocycles. The number of halogens is 1. The number of carbonyl (C=O) groups excluding carboxylic acids is 2. The Kier molecular flexibility index (Phi) is 11.7. The number of nitro benzene ring substituents is 1. The fourth-order valence-electron chi connectivity index (χ4n) is 6.11. The van der Waals surface area contributed by atoms with E-state index < -0.39 is 30.0 Å². The number of hydrogen-bond acceptors (Lipinski definition) is 7. The van der Waals surface area contributed by atoms with Crippen molar-refractivity contribution in [1.29, 1.82) is 0 Å². The zero-order valence-corrected chi connectivity index (χ0v) is 28.0. The summed E-state index contributed by atoms with van der Waals surface area (Å²) in [6.45, 7) is 5.42. The zero-order chi connectivity index (χ0) is 32.7. The fourth-order valence-corrected chi connectivity index (χ4v) is 10.3. The van der Waals surface area contributed by atoms with Gasteiger partial charge in [-0.2, -0.15) is 0 Å². The van der Waals surface area contributed by atoms with Gasteiger partial charge in [-0.15, -0.1) is 0 Å². The molecule has 5 rings (SSSR count). The van der Waals surface area contributed by atoms with Crippen LogP contribution in [0.3, 0.4) is 0 Å². The number of dihydropyridines is 1. The topological polar surface area (TPSA) is 108 Å². The maximum absolute atomic E-state index is 14.1. The van der Waals surface area contributed by atoms with E-state index in [1.807, 2.05) is 54.6 Å². The van der Waals surface area contributed by atoms with Crippen molar-refractivity contribution >= 4 is 40.8 Å². The average Bonchev–Trinajstić information content (AvgIpc) is 3.08. The number of nitrogens with one attached hydrogen (secondary N) is 1. The molecule has 0 bridgehead atoms. The Labute approximate surface area is 281 Å². The number of carbonyl (C=O) groups is 2. The normalized spacial score (nSPS) is 14.5. The van der Waals surface area contributed by atoms with Gasteiger partial charge in [0.25, 0.3) is 5.69 Å². The Morgan fingerprint density at radius 3 is 1.66 bits per heavy atom. The van der Waals surface area contributed by atoms with E-state index in [9.17, 15) is 19.7 Å². The summed E-state index contributed by atoms with van der Waals surface area (Å²) in [5.41, 5.74) is 1.79. The third-order valence-electron chi connectivity index (χ3n) is 8.04. The highest BCUT2D eigenvalue weighted by Gasteiger charge is 2.49. The molecule has 242 valence electrons. The van der Waals surface area contributed by atoms with Gasteiger partial charge in [0, 0.05) is 17.8 Å². The van der Waals surface area contributed by atoms with Crippen LogP contribution in [0.25, 0.3) is 0 Å². The van der Waals surface area contributed by atoms with Crippen LogP contribution >= 0.6 is 7.26 Å². The van der Waals surface area contributed by atoms with E-state index in [1.54, 1.807) is 32.9 Å². The van der Waals surface area contributed by atoms with Gasteiger partial charge in [0.15, 0.2) is 0 Å². The average molecular weight is 671 g/mol. The molecule has 1 unspecified atom stereocenters. The molecule has 1 N–H and O–H groups in total. The molecule has 47 heavy (non-hydrogen) atoms. The van der Waals surface area contributed by atoms with Gasteiger partial charge < -0.3 is 27.2 Å². The van der Waals surface area contributed by atoms with E-state index >= 15 is 0 Å². The van der Waals surface area contributed by atoms with Crippen LogP contribution < -0.4 is 33.6 Å². The highest BCUT2D eigenvalue weighted by Crippen LogP contribution is 2.57. The van der Waals surface area contributed by atoms with E-state index in [0.717, 1.165) is 15.9 Å². The van der Waals surface area contributed by atoms with Gasteiger partial charge in [0.05, 0.1) is 40.9 Å². The summed E-state index contributed by atoms with van der Waals surface area (Å²) in [6.07, 6.45) is 0.387. The lowest BCUT2D eigenvalue weighted by Gasteiger charge is -2.34. The minimum atomic E-state index is -2.52. The maximum atomic E-state index is 14.1. The number of benzene rings is 4. The molecule has 1 atom stereocenters. The quantitative estimate of drug-likeness (QED) is 0.113. The van der Waals surface area contributed by atoms with Gasteiger partial charge in [-0.3, -0.25) is 10.1 Å². The van der Waals surface area contributed by atoms with Crippen molar-refractivity contribution in [3.05, 3.63) is 153 Å². The summed E-state index contributed by atoms with van der Waals surface area (Å²) in [6, 6.07) is 36.8. The molecular formula is C37H36ClN2O6P. The lowest BCUT2D eigenvalue weighted by atomic mass is 9.80. The minimum Gasteiger partial charge on any atom is -1.00 e. The van der Waals surface area contributed by atoms with E-state index in [1.165, 1.54) is 12.1 Å². The highest BCUT2D eigenvalue weighted by molar-refractivity contribution is 7.95. The molecule has 1 heterocycles. The van der Waals surface area contributed by atoms with Gasteiger partial charge in [0.1, 0.15) is 29.3 Å². The molecule has 0 radical (unpaired) electrons. The summed E-state index contributed by atoms with van der Waals surface area (Å²) < 4.78 is 11.1. The van der Waals surface area contributed by atoms with Crippen molar-refractivity contribution in [3.8, 4) is 0 Å². The summed E-state index contributed by atoms with van der Waals surface area (Å²) in [7, 11) is -2.52. The number of rotatable bonds is 11. The van der Waals surface area contributed by atoms with Crippen molar-refractivity contribution in [2.75, 3.05) is 19.4 Å². The van der Waals surface area contributed by atoms with Crippen LogP contribution in [0.15, 0.2) is 138 Å². The van der Waals surface area contributed by atoms with Crippen LogP contribution in [0.5, 0.6) is 0 Å². The van der Waals surface area contributed by atoms with Crippen LogP contribution in [0.1, 0.15) is 32.3 Å². The second-order valence-electron chi connectivity index (χ2n) is 10.8. The number of allylic oxidation sites excluding steroid dienone is 2. The van der Waals surface area contributed by atoms with Crippen molar-refractivity contribution < 1.29 is 36.4 Å². The van der Waals surface area contributed by atoms with Crippen LogP contribution in [0, 0.1) is 10.1 Å². The van der Waals surface area contributed by atoms with Gasteiger partial charge in [-0.25, -0.2) is 9.59 Å². The smallest absolute Gasteiger partial charge is 0.336 e. The zero-order valence-electron chi connectivity index (χ0n) is 26.4. The third kappa shape index (κ3) is 7.14. The minimum absolute atomic E-state index is 0. The predicted molar refractivity (Wildman–Crippen MR) is 182 cm³/mol. The van der Waals surface area contributed by atoms with Gasteiger partial charge in [-0.1, -0.05) is 66.7 Å². The predicted octanol–water partition coefficient (Wildman–Crippen LogP) is 2.93. The van der Waals surface area contributed by atoms with E-state index in [-0.39, 0.29) is 42.5 Å². The van der Waals surface area contributed by atoms with Crippen molar-refractivity contribution in [2.45, 2.75) is 26.7 Å². The van der Waals surface area contributed by atoms with E-state index in [0.29, 0.717) is 23.1 Å². The summed E-state index contributed by atoms with van der Waals surface area (Å²) in [5, 5.41) is 18.6. The van der Waals surface area contributed by atoms with Crippen molar-refractivity contribution in [2.24, 2.45) is 0 Å². The standard InChI is InChI=1S/C37H35N2O6P.ClH/c1-4-44-36(40)33-26(3)38-32(35(37(41)45-5-2)34(33)27-16-15-17-28(24-27)39(42)43)25-46(29-18-9-6-10-19-29,30-20-11-7-12-21-30)31-22-13-8-14-23-31;/h6-24,34H,4-5,25H2,1-3H3;1H. The molecule has 0 amide bonds. The Hall–Kier alpha value is -4.78. The van der Waals surface area contributed by atoms with E-state index in [4.69, 9.17) is 9.47 Å². The number of non-ortho nitro benzene ring substituents is 1. The molecule has 10 heteroatoms. The molecular weight excluding hydrogens is 635 g/mol. The first-order valence-electron chi connectivity index (χ1n) is 15.2. The molecule has 4 aromatic rings. The Morgan fingerprint density at radius 2 is 1.21 bits per heavy atom. The monoisotopic (exact) mass is 670 g/mol. The SMILES string of the molecule is CCOC(=O)C1=C(C)NC(C[P+](c2ccccc2)(c2ccccc2)c2ccccc2)=C(C(=O)OCC)C1c1cccc([N+](=O)[O-])c1.[Cl-]. The number of hydrogen-bond donors (Lipinski definition) is 1.